The van der Waals surface area contributed by atoms with E-state index in [9.17, 15) is 26.4 Å². The van der Waals surface area contributed by atoms with Crippen LogP contribution in [0.25, 0.3) is 0 Å². The highest BCUT2D eigenvalue weighted by Gasteiger charge is 2.34. The van der Waals surface area contributed by atoms with E-state index in [0.717, 1.165) is 16.6 Å². The summed E-state index contributed by atoms with van der Waals surface area (Å²) in [4.78, 5) is 11.9. The van der Waals surface area contributed by atoms with Crippen molar-refractivity contribution in [3.63, 3.8) is 0 Å². The summed E-state index contributed by atoms with van der Waals surface area (Å²) in [6.45, 7) is 2.52. The zero-order valence-electron chi connectivity index (χ0n) is 12.6. The number of rotatable bonds is 5. The molecule has 0 radical (unpaired) electrons. The molecule has 0 unspecified atom stereocenters. The summed E-state index contributed by atoms with van der Waals surface area (Å²) >= 11 is 5.54. The highest BCUT2D eigenvalue weighted by Crippen LogP contribution is 2.36. The highest BCUT2D eigenvalue weighted by atomic mass is 35.5. The first-order valence-corrected chi connectivity index (χ1v) is 8.68. The molecule has 0 bridgehead atoms. The van der Waals surface area contributed by atoms with Crippen LogP contribution in [0.1, 0.15) is 19.4 Å². The van der Waals surface area contributed by atoms with Crippen LogP contribution in [0.5, 0.6) is 0 Å². The Bertz CT molecular complexity index is 690. The lowest BCUT2D eigenvalue weighted by Crippen LogP contribution is -2.41. The minimum absolute atomic E-state index is 0.129. The van der Waals surface area contributed by atoms with Gasteiger partial charge >= 0.3 is 6.18 Å². The molecule has 1 rings (SSSR count). The Morgan fingerprint density at radius 3 is 2.35 bits per heavy atom. The molecule has 23 heavy (non-hydrogen) atoms. The molecule has 0 aliphatic rings. The molecule has 0 saturated carbocycles. The van der Waals surface area contributed by atoms with E-state index in [0.29, 0.717) is 6.07 Å². The normalized spacial score (nSPS) is 12.7. The van der Waals surface area contributed by atoms with Crippen LogP contribution in [0.2, 0.25) is 5.02 Å². The number of hydrogen-bond acceptors (Lipinski definition) is 3. The van der Waals surface area contributed by atoms with Gasteiger partial charge in [0.15, 0.2) is 0 Å². The fourth-order valence-corrected chi connectivity index (χ4v) is 3.16. The van der Waals surface area contributed by atoms with Crippen molar-refractivity contribution in [2.75, 3.05) is 18.1 Å². The summed E-state index contributed by atoms with van der Waals surface area (Å²) in [5.41, 5.74) is -1.59. The van der Waals surface area contributed by atoms with Crippen LogP contribution in [0.15, 0.2) is 18.2 Å². The highest BCUT2D eigenvalue weighted by molar-refractivity contribution is 7.88. The van der Waals surface area contributed by atoms with E-state index < -0.39 is 45.9 Å². The Morgan fingerprint density at radius 1 is 1.35 bits per heavy atom. The number of nitrogens with zero attached hydrogens (tertiary/aromatic N) is 1. The van der Waals surface area contributed by atoms with E-state index in [1.807, 2.05) is 0 Å². The Kier molecular flexibility index (Phi) is 6.06. The molecule has 0 spiro atoms. The molecule has 1 N–H and O–H groups in total. The molecule has 1 aromatic carbocycles. The Morgan fingerprint density at radius 2 is 1.91 bits per heavy atom. The molecule has 0 fully saturated rings. The Hall–Kier alpha value is -1.32. The van der Waals surface area contributed by atoms with Crippen LogP contribution in [0, 0.1) is 0 Å². The second-order valence-corrected chi connectivity index (χ2v) is 7.51. The van der Waals surface area contributed by atoms with Crippen LogP contribution >= 0.6 is 11.6 Å². The van der Waals surface area contributed by atoms with Gasteiger partial charge in [0.25, 0.3) is 0 Å². The number of sulfonamides is 1. The van der Waals surface area contributed by atoms with Crippen molar-refractivity contribution >= 4 is 33.2 Å². The number of benzene rings is 1. The molecule has 1 aromatic rings. The topological polar surface area (TPSA) is 66.5 Å². The molecule has 0 heterocycles. The van der Waals surface area contributed by atoms with E-state index >= 15 is 0 Å². The molecule has 0 aromatic heterocycles. The first-order valence-electron chi connectivity index (χ1n) is 6.45. The first kappa shape index (κ1) is 19.7. The second-order valence-electron chi connectivity index (χ2n) is 5.14. The number of alkyl halides is 3. The van der Waals surface area contributed by atoms with Gasteiger partial charge in [-0.15, -0.1) is 0 Å². The van der Waals surface area contributed by atoms with Gasteiger partial charge in [-0.25, -0.2) is 8.42 Å². The average Bonchev–Trinajstić information content (AvgIpc) is 2.35. The first-order chi connectivity index (χ1) is 10.3. The van der Waals surface area contributed by atoms with Crippen molar-refractivity contribution in [2.24, 2.45) is 0 Å². The lowest BCUT2D eigenvalue weighted by molar-refractivity contribution is -0.137. The lowest BCUT2D eigenvalue weighted by atomic mass is 10.1. The molecular formula is C13H16ClF3N2O3S. The quantitative estimate of drug-likeness (QED) is 0.864. The van der Waals surface area contributed by atoms with Crippen LogP contribution in [0.3, 0.4) is 0 Å². The number of anilines is 1. The van der Waals surface area contributed by atoms with E-state index in [4.69, 9.17) is 11.6 Å². The second kappa shape index (κ2) is 7.06. The zero-order valence-corrected chi connectivity index (χ0v) is 14.2. The summed E-state index contributed by atoms with van der Waals surface area (Å²) in [6, 6.07) is 2.39. The molecule has 0 aliphatic heterocycles. The largest absolute Gasteiger partial charge is 0.418 e. The number of nitrogens with one attached hydrogen (secondary N) is 1. The zero-order chi connectivity index (χ0) is 18.0. The van der Waals surface area contributed by atoms with Crippen molar-refractivity contribution in [1.82, 2.24) is 4.31 Å². The summed E-state index contributed by atoms with van der Waals surface area (Å²) in [5, 5.41) is 1.95. The van der Waals surface area contributed by atoms with Gasteiger partial charge in [-0.3, -0.25) is 4.79 Å². The number of amides is 1. The summed E-state index contributed by atoms with van der Waals surface area (Å²) in [6.07, 6.45) is -3.79. The van der Waals surface area contributed by atoms with Gasteiger partial charge in [0.05, 0.1) is 24.1 Å². The van der Waals surface area contributed by atoms with Gasteiger partial charge in [0, 0.05) is 11.1 Å². The summed E-state index contributed by atoms with van der Waals surface area (Å²) in [7, 11) is -3.67. The van der Waals surface area contributed by atoms with Gasteiger partial charge in [0.2, 0.25) is 15.9 Å². The van der Waals surface area contributed by atoms with E-state index in [1.54, 1.807) is 13.8 Å². The summed E-state index contributed by atoms with van der Waals surface area (Å²) in [5.74, 6) is -0.878. The molecular weight excluding hydrogens is 357 g/mol. The maximum atomic E-state index is 12.9. The van der Waals surface area contributed by atoms with Crippen molar-refractivity contribution in [2.45, 2.75) is 26.1 Å². The van der Waals surface area contributed by atoms with Gasteiger partial charge in [-0.05, 0) is 32.0 Å². The van der Waals surface area contributed by atoms with E-state index in [2.05, 4.69) is 5.32 Å². The van der Waals surface area contributed by atoms with Crippen LogP contribution in [-0.2, 0) is 21.0 Å². The third-order valence-corrected chi connectivity index (χ3v) is 4.50. The molecule has 130 valence electrons. The van der Waals surface area contributed by atoms with Gasteiger partial charge < -0.3 is 5.32 Å². The number of halogens is 4. The standard InChI is InChI=1S/C13H16ClF3N2O3S/c1-8(2)19(23(3,21)22)7-12(20)18-11-5-4-9(14)6-10(11)13(15,16)17/h4-6,8H,7H2,1-3H3,(H,18,20). The van der Waals surface area contributed by atoms with Crippen molar-refractivity contribution in [3.8, 4) is 0 Å². The smallest absolute Gasteiger partial charge is 0.324 e. The predicted molar refractivity (Wildman–Crippen MR) is 81.8 cm³/mol. The van der Waals surface area contributed by atoms with Crippen molar-refractivity contribution in [1.29, 1.82) is 0 Å². The van der Waals surface area contributed by atoms with Crippen molar-refractivity contribution in [3.05, 3.63) is 28.8 Å². The minimum atomic E-state index is -4.71. The monoisotopic (exact) mass is 372 g/mol. The predicted octanol–water partition coefficient (Wildman–Crippen LogP) is 2.97. The van der Waals surface area contributed by atoms with Crippen LogP contribution in [-0.4, -0.2) is 37.5 Å². The third kappa shape index (κ3) is 5.67. The minimum Gasteiger partial charge on any atom is -0.324 e. The van der Waals surface area contributed by atoms with Gasteiger partial charge in [-0.2, -0.15) is 17.5 Å². The molecule has 5 nitrogen and oxygen atoms in total. The molecule has 0 atom stereocenters. The van der Waals surface area contributed by atoms with E-state index in [-0.39, 0.29) is 5.02 Å². The molecule has 0 saturated heterocycles. The number of carbonyl (C=O) groups excluding carboxylic acids is 1. The van der Waals surface area contributed by atoms with Gasteiger partial charge in [0.1, 0.15) is 0 Å². The number of hydrogen-bond donors (Lipinski definition) is 1. The maximum Gasteiger partial charge on any atom is 0.418 e. The van der Waals surface area contributed by atoms with E-state index in [1.165, 1.54) is 6.07 Å². The lowest BCUT2D eigenvalue weighted by Gasteiger charge is -2.23. The van der Waals surface area contributed by atoms with Crippen LogP contribution in [0.4, 0.5) is 18.9 Å². The maximum absolute atomic E-state index is 12.9. The molecule has 10 heteroatoms. The fourth-order valence-electron chi connectivity index (χ4n) is 1.87. The average molecular weight is 373 g/mol. The Labute approximate surface area is 137 Å². The summed E-state index contributed by atoms with van der Waals surface area (Å²) < 4.78 is 62.9. The Balaban J connectivity index is 3.03. The third-order valence-electron chi connectivity index (χ3n) is 2.86. The molecule has 0 aliphatic carbocycles. The van der Waals surface area contributed by atoms with Gasteiger partial charge in [-0.1, -0.05) is 11.6 Å². The molecule has 1 amide bonds. The van der Waals surface area contributed by atoms with Crippen LogP contribution < -0.4 is 5.32 Å². The SMILES string of the molecule is CC(C)N(CC(=O)Nc1ccc(Cl)cc1C(F)(F)F)S(C)(=O)=O. The fraction of sp³-hybridized carbons (Fsp3) is 0.462. The number of carbonyl (C=O) groups is 1. The van der Waals surface area contributed by atoms with Crippen molar-refractivity contribution < 1.29 is 26.4 Å².